The Bertz CT molecular complexity index is 790. The van der Waals surface area contributed by atoms with E-state index < -0.39 is 0 Å². The van der Waals surface area contributed by atoms with E-state index in [1.54, 1.807) is 0 Å². The molecule has 0 aliphatic heterocycles. The number of aromatic nitrogens is 1. The number of pyridine rings is 1. The van der Waals surface area contributed by atoms with E-state index in [2.05, 4.69) is 61.5 Å². The van der Waals surface area contributed by atoms with Crippen LogP contribution in [0.25, 0.3) is 22.0 Å². The summed E-state index contributed by atoms with van der Waals surface area (Å²) in [6.45, 7) is 2.35. The van der Waals surface area contributed by atoms with Gasteiger partial charge in [0.05, 0.1) is 5.52 Å². The summed E-state index contributed by atoms with van der Waals surface area (Å²) < 4.78 is 0. The van der Waals surface area contributed by atoms with Gasteiger partial charge in [-0.15, -0.1) is 0 Å². The molecule has 1 aliphatic carbocycles. The first-order valence-electron chi connectivity index (χ1n) is 7.79. The van der Waals surface area contributed by atoms with Crippen molar-refractivity contribution in [1.29, 1.82) is 0 Å². The number of benzene rings is 2. The Kier molecular flexibility index (Phi) is 2.99. The average Bonchev–Trinajstić information content (AvgIpc) is 2.53. The van der Waals surface area contributed by atoms with Crippen LogP contribution in [-0.2, 0) is 12.8 Å². The lowest BCUT2D eigenvalue weighted by Crippen LogP contribution is -2.14. The second kappa shape index (κ2) is 5.00. The van der Waals surface area contributed by atoms with Gasteiger partial charge in [-0.25, -0.2) is 0 Å². The highest BCUT2D eigenvalue weighted by Gasteiger charge is 2.22. The summed E-state index contributed by atoms with van der Waals surface area (Å²) >= 11 is 0. The maximum atomic E-state index is 4.94. The molecule has 1 aromatic heterocycles. The maximum Gasteiger partial charge on any atom is 0.0711 e. The van der Waals surface area contributed by atoms with Gasteiger partial charge in [-0.05, 0) is 47.9 Å². The molecule has 0 radical (unpaired) electrons. The number of hydrogen-bond donors (Lipinski definition) is 0. The van der Waals surface area contributed by atoms with Crippen LogP contribution in [0.2, 0.25) is 0 Å². The molecule has 0 N–H and O–H groups in total. The van der Waals surface area contributed by atoms with Crippen LogP contribution in [0.3, 0.4) is 0 Å². The third kappa shape index (κ3) is 2.13. The van der Waals surface area contributed by atoms with Crippen molar-refractivity contribution in [2.75, 3.05) is 0 Å². The van der Waals surface area contributed by atoms with Crippen molar-refractivity contribution in [3.63, 3.8) is 0 Å². The van der Waals surface area contributed by atoms with Gasteiger partial charge in [0.1, 0.15) is 0 Å². The number of rotatable bonds is 1. The van der Waals surface area contributed by atoms with Crippen molar-refractivity contribution in [2.45, 2.75) is 26.2 Å². The summed E-state index contributed by atoms with van der Waals surface area (Å²) in [7, 11) is 0. The monoisotopic (exact) mass is 273 g/mol. The molecule has 1 atom stereocenters. The zero-order valence-electron chi connectivity index (χ0n) is 12.3. The fraction of sp³-hybridized carbons (Fsp3) is 0.250. The van der Waals surface area contributed by atoms with Crippen LogP contribution >= 0.6 is 0 Å². The van der Waals surface area contributed by atoms with E-state index in [4.69, 9.17) is 4.98 Å². The van der Waals surface area contributed by atoms with Crippen LogP contribution in [0.15, 0.2) is 54.6 Å². The van der Waals surface area contributed by atoms with Gasteiger partial charge in [0.2, 0.25) is 0 Å². The highest BCUT2D eigenvalue weighted by Crippen LogP contribution is 2.37. The van der Waals surface area contributed by atoms with E-state index in [-0.39, 0.29) is 0 Å². The molecule has 4 rings (SSSR count). The van der Waals surface area contributed by atoms with E-state index >= 15 is 0 Å². The molecule has 0 fully saturated rings. The molecule has 3 aromatic rings. The summed E-state index contributed by atoms with van der Waals surface area (Å²) in [6, 6.07) is 19.3. The van der Waals surface area contributed by atoms with Gasteiger partial charge in [0, 0.05) is 11.1 Å². The topological polar surface area (TPSA) is 12.9 Å². The first kappa shape index (κ1) is 12.6. The van der Waals surface area contributed by atoms with Crippen LogP contribution in [0.4, 0.5) is 0 Å². The van der Waals surface area contributed by atoms with Crippen molar-refractivity contribution in [2.24, 2.45) is 5.92 Å². The lowest BCUT2D eigenvalue weighted by atomic mass is 9.82. The van der Waals surface area contributed by atoms with Crippen molar-refractivity contribution in [3.05, 3.63) is 65.9 Å². The van der Waals surface area contributed by atoms with Gasteiger partial charge in [0.15, 0.2) is 0 Å². The first-order chi connectivity index (χ1) is 10.3. The Hall–Kier alpha value is -2.15. The Balaban J connectivity index is 2.08. The minimum Gasteiger partial charge on any atom is -0.253 e. The Morgan fingerprint density at radius 2 is 1.71 bits per heavy atom. The maximum absolute atomic E-state index is 4.94. The zero-order chi connectivity index (χ0) is 14.2. The smallest absolute Gasteiger partial charge is 0.0711 e. The van der Waals surface area contributed by atoms with Crippen LogP contribution in [-0.4, -0.2) is 4.98 Å². The SMILES string of the molecule is CC1CCc2nc3ccccc3c(-c3ccccc3)c2C1. The molecule has 1 heteroatoms. The predicted octanol–water partition coefficient (Wildman–Crippen LogP) is 5.03. The van der Waals surface area contributed by atoms with Crippen molar-refractivity contribution >= 4 is 10.9 Å². The number of nitrogens with zero attached hydrogens (tertiary/aromatic N) is 1. The minimum absolute atomic E-state index is 0.753. The third-order valence-corrected chi connectivity index (χ3v) is 4.57. The normalized spacial score (nSPS) is 17.7. The average molecular weight is 273 g/mol. The Labute approximate surface area is 125 Å². The minimum atomic E-state index is 0.753. The quantitative estimate of drug-likeness (QED) is 0.606. The van der Waals surface area contributed by atoms with Gasteiger partial charge in [0.25, 0.3) is 0 Å². The Morgan fingerprint density at radius 1 is 0.952 bits per heavy atom. The highest BCUT2D eigenvalue weighted by atomic mass is 14.7. The van der Waals surface area contributed by atoms with Crippen LogP contribution in [0.5, 0.6) is 0 Å². The van der Waals surface area contributed by atoms with Crippen molar-refractivity contribution < 1.29 is 0 Å². The van der Waals surface area contributed by atoms with Crippen LogP contribution in [0, 0.1) is 5.92 Å². The molecule has 1 unspecified atom stereocenters. The molecule has 1 heterocycles. The van der Waals surface area contributed by atoms with E-state index in [1.807, 2.05) is 0 Å². The molecule has 0 saturated heterocycles. The molecule has 21 heavy (non-hydrogen) atoms. The molecule has 1 nitrogen and oxygen atoms in total. The van der Waals surface area contributed by atoms with Crippen LogP contribution < -0.4 is 0 Å². The fourth-order valence-corrected chi connectivity index (χ4v) is 3.50. The summed E-state index contributed by atoms with van der Waals surface area (Å²) in [5.74, 6) is 0.753. The van der Waals surface area contributed by atoms with Gasteiger partial charge in [-0.2, -0.15) is 0 Å². The number of hydrogen-bond acceptors (Lipinski definition) is 1. The predicted molar refractivity (Wildman–Crippen MR) is 88.4 cm³/mol. The molecule has 0 saturated carbocycles. The molecular formula is C20H19N. The molecule has 0 spiro atoms. The molecule has 0 amide bonds. The standard InChI is InChI=1S/C20H19N/c1-14-11-12-19-17(13-14)20(15-7-3-2-4-8-15)16-9-5-6-10-18(16)21-19/h2-10,14H,11-13H2,1H3. The molecule has 1 aliphatic rings. The van der Waals surface area contributed by atoms with Crippen LogP contribution in [0.1, 0.15) is 24.6 Å². The highest BCUT2D eigenvalue weighted by molar-refractivity contribution is 5.96. The molecular weight excluding hydrogens is 254 g/mol. The van der Waals surface area contributed by atoms with E-state index in [9.17, 15) is 0 Å². The lowest BCUT2D eigenvalue weighted by Gasteiger charge is -2.25. The van der Waals surface area contributed by atoms with Gasteiger partial charge >= 0.3 is 0 Å². The molecule has 0 bridgehead atoms. The second-order valence-corrected chi connectivity index (χ2v) is 6.14. The molecule has 2 aromatic carbocycles. The fourth-order valence-electron chi connectivity index (χ4n) is 3.50. The number of aryl methyl sites for hydroxylation is 1. The van der Waals surface area contributed by atoms with E-state index in [1.165, 1.54) is 34.2 Å². The summed E-state index contributed by atoms with van der Waals surface area (Å²) in [5.41, 5.74) is 6.64. The zero-order valence-corrected chi connectivity index (χ0v) is 12.3. The Morgan fingerprint density at radius 3 is 2.57 bits per heavy atom. The lowest BCUT2D eigenvalue weighted by molar-refractivity contribution is 0.496. The summed E-state index contributed by atoms with van der Waals surface area (Å²) in [5, 5.41) is 1.29. The summed E-state index contributed by atoms with van der Waals surface area (Å²) in [6.07, 6.45) is 3.52. The third-order valence-electron chi connectivity index (χ3n) is 4.57. The van der Waals surface area contributed by atoms with E-state index in [0.717, 1.165) is 24.3 Å². The van der Waals surface area contributed by atoms with Crippen molar-refractivity contribution in [1.82, 2.24) is 4.98 Å². The molecule has 104 valence electrons. The number of fused-ring (bicyclic) bond motifs is 2. The van der Waals surface area contributed by atoms with E-state index in [0.29, 0.717) is 0 Å². The first-order valence-corrected chi connectivity index (χ1v) is 7.79. The second-order valence-electron chi connectivity index (χ2n) is 6.14. The van der Waals surface area contributed by atoms with Gasteiger partial charge in [-0.3, -0.25) is 4.98 Å². The van der Waals surface area contributed by atoms with Gasteiger partial charge in [-0.1, -0.05) is 55.5 Å². The van der Waals surface area contributed by atoms with Gasteiger partial charge < -0.3 is 0 Å². The largest absolute Gasteiger partial charge is 0.253 e. The van der Waals surface area contributed by atoms with Crippen molar-refractivity contribution in [3.8, 4) is 11.1 Å². The summed E-state index contributed by atoms with van der Waals surface area (Å²) in [4.78, 5) is 4.94. The number of para-hydroxylation sites is 1.